The van der Waals surface area contributed by atoms with Gasteiger partial charge in [-0.3, -0.25) is 0 Å². The molecule has 0 aliphatic rings. The Morgan fingerprint density at radius 1 is 1.35 bits per heavy atom. The van der Waals surface area contributed by atoms with Crippen molar-refractivity contribution in [3.8, 4) is 11.4 Å². The van der Waals surface area contributed by atoms with Crippen LogP contribution in [0.25, 0.3) is 11.4 Å². The molecule has 0 saturated carbocycles. The lowest BCUT2D eigenvalue weighted by atomic mass is 10.1. The van der Waals surface area contributed by atoms with E-state index < -0.39 is 0 Å². The quantitative estimate of drug-likeness (QED) is 0.845. The molecule has 108 valence electrons. The van der Waals surface area contributed by atoms with E-state index in [1.165, 1.54) is 0 Å². The van der Waals surface area contributed by atoms with E-state index in [9.17, 15) is 0 Å². The van der Waals surface area contributed by atoms with Gasteiger partial charge in [0.25, 0.3) is 0 Å². The number of nitrogens with zero attached hydrogens (tertiary/aromatic N) is 4. The van der Waals surface area contributed by atoms with Crippen molar-refractivity contribution in [3.05, 3.63) is 23.8 Å². The van der Waals surface area contributed by atoms with Crippen molar-refractivity contribution in [1.29, 1.82) is 0 Å². The van der Waals surface area contributed by atoms with E-state index in [0.717, 1.165) is 11.1 Å². The maximum atomic E-state index is 6.06. The molecule has 1 aromatic carbocycles. The van der Waals surface area contributed by atoms with Crippen LogP contribution in [0.4, 0.5) is 5.69 Å². The van der Waals surface area contributed by atoms with E-state index in [0.29, 0.717) is 24.7 Å². The number of rotatable bonds is 5. The topological polar surface area (TPSA) is 78.8 Å². The smallest absolute Gasteiger partial charge is 0.184 e. The predicted molar refractivity (Wildman–Crippen MR) is 78.1 cm³/mol. The van der Waals surface area contributed by atoms with Crippen LogP contribution in [0.3, 0.4) is 0 Å². The molecule has 0 spiro atoms. The van der Waals surface area contributed by atoms with Gasteiger partial charge in [-0.1, -0.05) is 12.1 Å². The minimum atomic E-state index is -0.337. The van der Waals surface area contributed by atoms with E-state index in [-0.39, 0.29) is 5.60 Å². The molecule has 2 aromatic rings. The van der Waals surface area contributed by atoms with Crippen LogP contribution in [-0.4, -0.2) is 32.4 Å². The first kappa shape index (κ1) is 14.5. The second kappa shape index (κ2) is 5.58. The van der Waals surface area contributed by atoms with E-state index in [2.05, 4.69) is 15.5 Å². The molecule has 0 amide bonds. The molecule has 0 aliphatic heterocycles. The Morgan fingerprint density at radius 2 is 2.10 bits per heavy atom. The third-order valence-corrected chi connectivity index (χ3v) is 3.13. The number of aromatic nitrogens is 4. The number of hydrogen-bond acceptors (Lipinski definition) is 5. The molecule has 0 fully saturated rings. The summed E-state index contributed by atoms with van der Waals surface area (Å²) in [7, 11) is 0. The Bertz CT molecular complexity index is 571. The Hall–Kier alpha value is -1.95. The van der Waals surface area contributed by atoms with Crippen molar-refractivity contribution in [1.82, 2.24) is 20.2 Å². The van der Waals surface area contributed by atoms with E-state index >= 15 is 0 Å². The van der Waals surface area contributed by atoms with Crippen LogP contribution in [-0.2, 0) is 11.3 Å². The second-order valence-electron chi connectivity index (χ2n) is 5.39. The highest BCUT2D eigenvalue weighted by Gasteiger charge is 2.23. The molecular formula is C14H21N5O. The van der Waals surface area contributed by atoms with Crippen LogP contribution in [0.5, 0.6) is 0 Å². The van der Waals surface area contributed by atoms with Crippen LogP contribution in [0.1, 0.15) is 26.3 Å². The average molecular weight is 275 g/mol. The third-order valence-electron chi connectivity index (χ3n) is 3.13. The van der Waals surface area contributed by atoms with Crippen LogP contribution in [0.2, 0.25) is 0 Å². The summed E-state index contributed by atoms with van der Waals surface area (Å²) in [6.45, 7) is 9.22. The highest BCUT2D eigenvalue weighted by molar-refractivity contribution is 5.74. The summed E-state index contributed by atoms with van der Waals surface area (Å²) in [5.41, 5.74) is 8.33. The first-order chi connectivity index (χ1) is 9.44. The summed E-state index contributed by atoms with van der Waals surface area (Å²) in [6, 6.07) is 5.78. The van der Waals surface area contributed by atoms with Crippen LogP contribution in [0.15, 0.2) is 18.2 Å². The Morgan fingerprint density at radius 3 is 2.75 bits per heavy atom. The highest BCUT2D eigenvalue weighted by Crippen LogP contribution is 2.28. The predicted octanol–water partition coefficient (Wildman–Crippen LogP) is 2.05. The lowest BCUT2D eigenvalue weighted by Crippen LogP contribution is -2.31. The molecule has 0 aliphatic carbocycles. The summed E-state index contributed by atoms with van der Waals surface area (Å²) in [5.74, 6) is 0.674. The number of anilines is 1. The van der Waals surface area contributed by atoms with Crippen molar-refractivity contribution in [3.63, 3.8) is 0 Å². The van der Waals surface area contributed by atoms with Gasteiger partial charge in [0, 0.05) is 17.9 Å². The minimum absolute atomic E-state index is 0.337. The van der Waals surface area contributed by atoms with Gasteiger partial charge < -0.3 is 10.5 Å². The first-order valence-corrected chi connectivity index (χ1v) is 6.70. The molecule has 1 heterocycles. The molecule has 1 aromatic heterocycles. The number of tetrazole rings is 1. The van der Waals surface area contributed by atoms with Gasteiger partial charge in [0.15, 0.2) is 5.82 Å². The van der Waals surface area contributed by atoms with E-state index in [1.807, 2.05) is 45.9 Å². The van der Waals surface area contributed by atoms with Gasteiger partial charge in [-0.2, -0.15) is 0 Å². The van der Waals surface area contributed by atoms with Gasteiger partial charge >= 0.3 is 0 Å². The minimum Gasteiger partial charge on any atom is -0.398 e. The summed E-state index contributed by atoms with van der Waals surface area (Å²) in [5, 5.41) is 12.0. The maximum absolute atomic E-state index is 6.06. The van der Waals surface area contributed by atoms with Crippen molar-refractivity contribution >= 4 is 5.69 Å². The monoisotopic (exact) mass is 275 g/mol. The number of hydrogen-bond donors (Lipinski definition) is 1. The number of nitrogen functional groups attached to an aromatic ring is 1. The van der Waals surface area contributed by atoms with Crippen LogP contribution in [0, 0.1) is 6.92 Å². The fourth-order valence-corrected chi connectivity index (χ4v) is 2.28. The van der Waals surface area contributed by atoms with Gasteiger partial charge in [0.05, 0.1) is 12.1 Å². The molecular weight excluding hydrogens is 254 g/mol. The number of benzene rings is 1. The number of aryl methyl sites for hydroxylation is 1. The average Bonchev–Trinajstić information content (AvgIpc) is 2.76. The number of ether oxygens (including phenoxy) is 1. The standard InChI is InChI=1S/C14H21N5O/c1-5-20-14(3,4)9-19-13(16-17-18-19)12-10(2)7-6-8-11(12)15/h6-8H,5,9,15H2,1-4H3. The summed E-state index contributed by atoms with van der Waals surface area (Å²) in [4.78, 5) is 0. The zero-order chi connectivity index (χ0) is 14.8. The third kappa shape index (κ3) is 2.96. The van der Waals surface area contributed by atoms with Crippen molar-refractivity contribution < 1.29 is 4.74 Å². The van der Waals surface area contributed by atoms with Crippen LogP contribution < -0.4 is 5.73 Å². The van der Waals surface area contributed by atoms with Crippen LogP contribution >= 0.6 is 0 Å². The zero-order valence-corrected chi connectivity index (χ0v) is 12.4. The molecule has 0 radical (unpaired) electrons. The summed E-state index contributed by atoms with van der Waals surface area (Å²) < 4.78 is 7.45. The zero-order valence-electron chi connectivity index (χ0n) is 12.4. The molecule has 0 unspecified atom stereocenters. The Labute approximate surface area is 118 Å². The number of nitrogens with two attached hydrogens (primary N) is 1. The maximum Gasteiger partial charge on any atom is 0.184 e. The van der Waals surface area contributed by atoms with Gasteiger partial charge in [-0.25, -0.2) is 4.68 Å². The lowest BCUT2D eigenvalue weighted by Gasteiger charge is -2.24. The van der Waals surface area contributed by atoms with Crippen molar-refractivity contribution in [2.45, 2.75) is 39.8 Å². The van der Waals surface area contributed by atoms with Gasteiger partial charge in [0.1, 0.15) is 0 Å². The molecule has 6 nitrogen and oxygen atoms in total. The largest absolute Gasteiger partial charge is 0.398 e. The second-order valence-corrected chi connectivity index (χ2v) is 5.39. The highest BCUT2D eigenvalue weighted by atomic mass is 16.5. The SMILES string of the molecule is CCOC(C)(C)Cn1nnnc1-c1c(C)cccc1N. The molecule has 2 N–H and O–H groups in total. The molecule has 2 rings (SSSR count). The molecule has 0 bridgehead atoms. The molecule has 0 saturated heterocycles. The normalized spacial score (nSPS) is 11.8. The summed E-state index contributed by atoms with van der Waals surface area (Å²) >= 11 is 0. The Balaban J connectivity index is 2.39. The van der Waals surface area contributed by atoms with E-state index in [4.69, 9.17) is 10.5 Å². The van der Waals surface area contributed by atoms with Crippen molar-refractivity contribution in [2.75, 3.05) is 12.3 Å². The van der Waals surface area contributed by atoms with Gasteiger partial charge in [-0.15, -0.1) is 5.10 Å². The molecule has 20 heavy (non-hydrogen) atoms. The Kier molecular flexibility index (Phi) is 4.04. The first-order valence-electron chi connectivity index (χ1n) is 6.70. The molecule has 6 heteroatoms. The van der Waals surface area contributed by atoms with Crippen molar-refractivity contribution in [2.24, 2.45) is 0 Å². The fraction of sp³-hybridized carbons (Fsp3) is 0.500. The van der Waals surface area contributed by atoms with E-state index in [1.54, 1.807) is 4.68 Å². The van der Waals surface area contributed by atoms with Gasteiger partial charge in [-0.05, 0) is 49.8 Å². The fourth-order valence-electron chi connectivity index (χ4n) is 2.28. The lowest BCUT2D eigenvalue weighted by molar-refractivity contribution is -0.0246. The summed E-state index contributed by atoms with van der Waals surface area (Å²) in [6.07, 6.45) is 0. The van der Waals surface area contributed by atoms with Gasteiger partial charge in [0.2, 0.25) is 0 Å². The molecule has 0 atom stereocenters.